The molecule has 9 heteroatoms. The fourth-order valence-electron chi connectivity index (χ4n) is 4.73. The first-order valence-electron chi connectivity index (χ1n) is 12.4. The fourth-order valence-corrected chi connectivity index (χ4v) is 4.93. The van der Waals surface area contributed by atoms with Crippen LogP contribution in [0.2, 0.25) is 0 Å². The number of nitrogens with zero attached hydrogens (tertiary/aromatic N) is 1. The zero-order valence-electron chi connectivity index (χ0n) is 21.4. The van der Waals surface area contributed by atoms with E-state index in [0.717, 1.165) is 21.6 Å². The average molecular weight is 547 g/mol. The number of hydrogen-bond donors (Lipinski definition) is 1. The summed E-state index contributed by atoms with van der Waals surface area (Å²) in [5, 5.41) is 2.66. The van der Waals surface area contributed by atoms with Crippen LogP contribution in [0.3, 0.4) is 0 Å². The third-order valence-electron chi connectivity index (χ3n) is 6.83. The predicted molar refractivity (Wildman–Crippen MR) is 144 cm³/mol. The minimum atomic E-state index is -1.82. The summed E-state index contributed by atoms with van der Waals surface area (Å²) in [6.07, 6.45) is -1.82. The van der Waals surface area contributed by atoms with E-state index in [9.17, 15) is 14.4 Å². The van der Waals surface area contributed by atoms with Crippen molar-refractivity contribution in [3.63, 3.8) is 0 Å². The molecule has 0 aliphatic carbocycles. The van der Waals surface area contributed by atoms with E-state index in [2.05, 4.69) is 5.32 Å². The van der Waals surface area contributed by atoms with Gasteiger partial charge in [-0.05, 0) is 30.2 Å². The van der Waals surface area contributed by atoms with Crippen molar-refractivity contribution in [3.8, 4) is 0 Å². The number of ether oxygens (including phenoxy) is 3. The maximum atomic E-state index is 13.7. The number of fused-ring (bicyclic) bond motifs is 1. The Morgan fingerprint density at radius 1 is 1.03 bits per heavy atom. The SMILES string of the molecule is COC1(NC(=O)c2ccc(C)cc2)C(=O)N2C(C(=O)OC(c3ccccc3)c3ccccc3)=C(CCl)COC21. The van der Waals surface area contributed by atoms with Gasteiger partial charge in [0.05, 0.1) is 6.61 Å². The summed E-state index contributed by atoms with van der Waals surface area (Å²) in [6.45, 7) is 1.86. The van der Waals surface area contributed by atoms with Crippen molar-refractivity contribution in [1.29, 1.82) is 0 Å². The molecule has 1 N–H and O–H groups in total. The monoisotopic (exact) mass is 546 g/mol. The van der Waals surface area contributed by atoms with Crippen LogP contribution in [0.25, 0.3) is 0 Å². The largest absolute Gasteiger partial charge is 0.448 e. The second-order valence-corrected chi connectivity index (χ2v) is 9.56. The second kappa shape index (κ2) is 11.0. The predicted octanol–water partition coefficient (Wildman–Crippen LogP) is 4.09. The summed E-state index contributed by atoms with van der Waals surface area (Å²) in [7, 11) is 1.30. The first-order chi connectivity index (χ1) is 18.9. The maximum absolute atomic E-state index is 13.7. The number of carbonyl (C=O) groups is 3. The number of hydrogen-bond acceptors (Lipinski definition) is 6. The zero-order chi connectivity index (χ0) is 27.6. The van der Waals surface area contributed by atoms with Crippen molar-refractivity contribution in [2.75, 3.05) is 19.6 Å². The highest BCUT2D eigenvalue weighted by Crippen LogP contribution is 2.42. The Hall–Kier alpha value is -3.98. The molecule has 200 valence electrons. The van der Waals surface area contributed by atoms with Gasteiger partial charge in [0.1, 0.15) is 5.70 Å². The molecule has 8 nitrogen and oxygen atoms in total. The van der Waals surface area contributed by atoms with Crippen LogP contribution in [0.5, 0.6) is 0 Å². The minimum Gasteiger partial charge on any atom is -0.448 e. The Labute approximate surface area is 231 Å². The highest BCUT2D eigenvalue weighted by Gasteiger charge is 2.67. The number of β-lactam (4-membered cyclic amide) rings is 1. The Balaban J connectivity index is 1.43. The van der Waals surface area contributed by atoms with E-state index in [-0.39, 0.29) is 18.2 Å². The van der Waals surface area contributed by atoms with Crippen LogP contribution in [0.4, 0.5) is 0 Å². The van der Waals surface area contributed by atoms with Gasteiger partial charge in [0.25, 0.3) is 17.5 Å². The number of aryl methyl sites for hydroxylation is 1. The third-order valence-corrected chi connectivity index (χ3v) is 7.15. The van der Waals surface area contributed by atoms with Gasteiger partial charge < -0.3 is 19.5 Å². The van der Waals surface area contributed by atoms with E-state index >= 15 is 0 Å². The molecule has 0 radical (unpaired) electrons. The zero-order valence-corrected chi connectivity index (χ0v) is 22.2. The number of halogens is 1. The Morgan fingerprint density at radius 3 is 2.15 bits per heavy atom. The van der Waals surface area contributed by atoms with Gasteiger partial charge in [-0.2, -0.15) is 0 Å². The molecule has 3 aromatic rings. The Kier molecular flexibility index (Phi) is 7.52. The molecule has 0 saturated carbocycles. The van der Waals surface area contributed by atoms with Gasteiger partial charge in [0.15, 0.2) is 12.3 Å². The number of nitrogens with one attached hydrogen (secondary N) is 1. The van der Waals surface area contributed by atoms with Crippen LogP contribution < -0.4 is 5.32 Å². The first-order valence-corrected chi connectivity index (χ1v) is 12.9. The quantitative estimate of drug-likeness (QED) is 0.198. The van der Waals surface area contributed by atoms with Gasteiger partial charge in [0, 0.05) is 24.1 Å². The van der Waals surface area contributed by atoms with E-state index in [1.807, 2.05) is 67.6 Å². The van der Waals surface area contributed by atoms with Crippen molar-refractivity contribution in [2.45, 2.75) is 25.0 Å². The third kappa shape index (κ3) is 4.83. The average Bonchev–Trinajstić information content (AvgIpc) is 2.98. The topological polar surface area (TPSA) is 94.2 Å². The van der Waals surface area contributed by atoms with Gasteiger partial charge in [-0.3, -0.25) is 14.5 Å². The Morgan fingerprint density at radius 2 is 1.62 bits per heavy atom. The van der Waals surface area contributed by atoms with Crippen LogP contribution in [-0.2, 0) is 23.8 Å². The summed E-state index contributed by atoms with van der Waals surface area (Å²) in [4.78, 5) is 41.5. The Bertz CT molecular complexity index is 1370. The minimum absolute atomic E-state index is 0.0135. The van der Waals surface area contributed by atoms with E-state index in [1.54, 1.807) is 24.3 Å². The van der Waals surface area contributed by atoms with Crippen LogP contribution in [-0.4, -0.2) is 54.2 Å². The summed E-state index contributed by atoms with van der Waals surface area (Å²) < 4.78 is 17.4. The van der Waals surface area contributed by atoms with Crippen LogP contribution in [0.1, 0.15) is 33.2 Å². The molecule has 39 heavy (non-hydrogen) atoms. The van der Waals surface area contributed by atoms with Gasteiger partial charge in [-0.1, -0.05) is 78.4 Å². The molecule has 2 atom stereocenters. The summed E-state index contributed by atoms with van der Waals surface area (Å²) >= 11 is 6.17. The van der Waals surface area contributed by atoms with Crippen molar-refractivity contribution >= 4 is 29.4 Å². The van der Waals surface area contributed by atoms with Crippen molar-refractivity contribution in [2.24, 2.45) is 0 Å². The van der Waals surface area contributed by atoms with Gasteiger partial charge >= 0.3 is 5.97 Å². The second-order valence-electron chi connectivity index (χ2n) is 9.29. The number of rotatable bonds is 8. The van der Waals surface area contributed by atoms with Crippen molar-refractivity contribution in [3.05, 3.63) is 118 Å². The summed E-state index contributed by atoms with van der Waals surface area (Å²) in [6, 6.07) is 25.5. The number of amides is 2. The lowest BCUT2D eigenvalue weighted by molar-refractivity contribution is -0.256. The maximum Gasteiger partial charge on any atom is 0.356 e. The number of methoxy groups -OCH3 is 1. The molecule has 2 amide bonds. The molecule has 0 spiro atoms. The molecular weight excluding hydrogens is 520 g/mol. The van der Waals surface area contributed by atoms with E-state index in [1.165, 1.54) is 7.11 Å². The van der Waals surface area contributed by atoms with Crippen LogP contribution in [0, 0.1) is 6.92 Å². The molecule has 0 aromatic heterocycles. The van der Waals surface area contributed by atoms with E-state index in [4.69, 9.17) is 25.8 Å². The first kappa shape index (κ1) is 26.6. The summed E-state index contributed by atoms with van der Waals surface area (Å²) in [5.74, 6) is -1.98. The standard InChI is InChI=1S/C30H27ClN2O6/c1-19-13-15-22(16-14-19)26(34)32-30(37-2)28(36)33-24(23(17-31)18-38-29(30)33)27(35)39-25(20-9-5-3-6-10-20)21-11-7-4-8-12-21/h3-16,25,29H,17-18H2,1-2H3,(H,32,34). The molecule has 5 rings (SSSR count). The number of esters is 1. The molecule has 2 unspecified atom stereocenters. The smallest absolute Gasteiger partial charge is 0.356 e. The van der Waals surface area contributed by atoms with Crippen molar-refractivity contribution < 1.29 is 28.6 Å². The molecule has 2 aliphatic heterocycles. The normalized spacial score (nSPS) is 20.4. The fraction of sp³-hybridized carbons (Fsp3) is 0.233. The van der Waals surface area contributed by atoms with E-state index < -0.39 is 35.8 Å². The lowest BCUT2D eigenvalue weighted by atomic mass is 9.93. The molecular formula is C30H27ClN2O6. The van der Waals surface area contributed by atoms with Gasteiger partial charge in [-0.25, -0.2) is 4.79 Å². The lowest BCUT2D eigenvalue weighted by Crippen LogP contribution is -2.82. The molecule has 0 bridgehead atoms. The van der Waals surface area contributed by atoms with Gasteiger partial charge in [-0.15, -0.1) is 11.6 Å². The highest BCUT2D eigenvalue weighted by molar-refractivity contribution is 6.20. The molecule has 2 heterocycles. The van der Waals surface area contributed by atoms with Crippen molar-refractivity contribution in [1.82, 2.24) is 10.2 Å². The van der Waals surface area contributed by atoms with E-state index in [0.29, 0.717) is 11.1 Å². The number of alkyl halides is 1. The van der Waals surface area contributed by atoms with Gasteiger partial charge in [0.2, 0.25) is 0 Å². The molecule has 2 aliphatic rings. The summed E-state index contributed by atoms with van der Waals surface area (Å²) in [5.41, 5.74) is 1.43. The molecule has 3 aromatic carbocycles. The lowest BCUT2D eigenvalue weighted by Gasteiger charge is -2.55. The van der Waals surface area contributed by atoms with Crippen LogP contribution >= 0.6 is 11.6 Å². The molecule has 1 fully saturated rings. The number of carbonyl (C=O) groups excluding carboxylic acids is 3. The number of benzene rings is 3. The highest BCUT2D eigenvalue weighted by atomic mass is 35.5. The van der Waals surface area contributed by atoms with Crippen LogP contribution in [0.15, 0.2) is 96.2 Å². The molecule has 1 saturated heterocycles.